The molecule has 1 aliphatic rings. The Morgan fingerprint density at radius 1 is 1.35 bits per heavy atom. The Labute approximate surface area is 135 Å². The number of hydrogen-bond donors (Lipinski definition) is 0. The summed E-state index contributed by atoms with van der Waals surface area (Å²) in [6, 6.07) is 1.95. The van der Waals surface area contributed by atoms with Crippen LogP contribution in [0.4, 0.5) is 0 Å². The van der Waals surface area contributed by atoms with Gasteiger partial charge in [-0.2, -0.15) is 5.10 Å². The third kappa shape index (κ3) is 3.56. The third-order valence-electron chi connectivity index (χ3n) is 3.91. The fourth-order valence-electron chi connectivity index (χ4n) is 2.74. The van der Waals surface area contributed by atoms with Crippen LogP contribution in [0.25, 0.3) is 0 Å². The zero-order valence-corrected chi connectivity index (χ0v) is 13.5. The van der Waals surface area contributed by atoms with E-state index in [-0.39, 0.29) is 11.8 Å². The van der Waals surface area contributed by atoms with Gasteiger partial charge in [-0.05, 0) is 19.9 Å². The zero-order chi connectivity index (χ0) is 16.2. The Morgan fingerprint density at radius 2 is 2.22 bits per heavy atom. The summed E-state index contributed by atoms with van der Waals surface area (Å²) in [7, 11) is 0. The molecule has 0 radical (unpaired) electrons. The second-order valence-electron chi connectivity index (χ2n) is 5.76. The SMILES string of the molecule is CCOC[C@H]1CN(C(=O)c2cnc(C)cn2)Cc2ccnn2C1. The minimum Gasteiger partial charge on any atom is -0.381 e. The highest BCUT2D eigenvalue weighted by atomic mass is 16.5. The average Bonchev–Trinajstić information content (AvgIpc) is 2.91. The Morgan fingerprint density at radius 3 is 2.96 bits per heavy atom. The van der Waals surface area contributed by atoms with Gasteiger partial charge in [-0.3, -0.25) is 14.5 Å². The van der Waals surface area contributed by atoms with Gasteiger partial charge in [-0.1, -0.05) is 0 Å². The van der Waals surface area contributed by atoms with E-state index in [9.17, 15) is 4.79 Å². The molecule has 23 heavy (non-hydrogen) atoms. The summed E-state index contributed by atoms with van der Waals surface area (Å²) in [4.78, 5) is 23.0. The van der Waals surface area contributed by atoms with E-state index in [4.69, 9.17) is 4.74 Å². The van der Waals surface area contributed by atoms with Crippen LogP contribution in [-0.2, 0) is 17.8 Å². The van der Waals surface area contributed by atoms with Crippen LogP contribution in [0, 0.1) is 12.8 Å². The molecule has 1 atom stereocenters. The zero-order valence-electron chi connectivity index (χ0n) is 13.5. The van der Waals surface area contributed by atoms with Gasteiger partial charge in [0, 0.05) is 38.0 Å². The molecule has 0 N–H and O–H groups in total. The predicted molar refractivity (Wildman–Crippen MR) is 83.7 cm³/mol. The minimum atomic E-state index is -0.103. The molecule has 3 rings (SSSR count). The maximum atomic E-state index is 12.8. The fraction of sp³-hybridized carbons (Fsp3) is 0.500. The molecule has 0 aliphatic carbocycles. The number of fused-ring (bicyclic) bond motifs is 1. The van der Waals surface area contributed by atoms with Crippen molar-refractivity contribution < 1.29 is 9.53 Å². The van der Waals surface area contributed by atoms with Crippen LogP contribution in [0.1, 0.15) is 28.8 Å². The highest BCUT2D eigenvalue weighted by Gasteiger charge is 2.27. The van der Waals surface area contributed by atoms with E-state index in [1.54, 1.807) is 12.4 Å². The highest BCUT2D eigenvalue weighted by Crippen LogP contribution is 2.18. The standard InChI is InChI=1S/C16H21N5O2/c1-3-23-11-13-8-20(10-14-4-5-19-21(14)9-13)16(22)15-7-17-12(2)6-18-15/h4-7,13H,3,8-11H2,1-2H3/t13-/m0/s1. The molecule has 1 amide bonds. The molecule has 0 aromatic carbocycles. The molecule has 1 aliphatic heterocycles. The lowest BCUT2D eigenvalue weighted by Gasteiger charge is -2.23. The first kappa shape index (κ1) is 15.6. The van der Waals surface area contributed by atoms with Gasteiger partial charge < -0.3 is 9.64 Å². The van der Waals surface area contributed by atoms with Crippen LogP contribution in [0.15, 0.2) is 24.7 Å². The van der Waals surface area contributed by atoms with E-state index in [1.807, 2.05) is 29.5 Å². The molecule has 0 saturated heterocycles. The molecular formula is C16H21N5O2. The van der Waals surface area contributed by atoms with Gasteiger partial charge in [0.1, 0.15) is 5.69 Å². The number of carbonyl (C=O) groups excluding carboxylic acids is 1. The molecule has 0 bridgehead atoms. The van der Waals surface area contributed by atoms with Crippen LogP contribution >= 0.6 is 0 Å². The number of hydrogen-bond acceptors (Lipinski definition) is 5. The van der Waals surface area contributed by atoms with Crippen molar-refractivity contribution in [3.05, 3.63) is 41.7 Å². The van der Waals surface area contributed by atoms with Crippen molar-refractivity contribution in [2.75, 3.05) is 19.8 Å². The largest absolute Gasteiger partial charge is 0.381 e. The third-order valence-corrected chi connectivity index (χ3v) is 3.91. The first-order valence-corrected chi connectivity index (χ1v) is 7.83. The summed E-state index contributed by atoms with van der Waals surface area (Å²) in [5.74, 6) is 0.104. The summed E-state index contributed by atoms with van der Waals surface area (Å²) in [5.41, 5.74) is 2.20. The molecule has 2 aromatic heterocycles. The fourth-order valence-corrected chi connectivity index (χ4v) is 2.74. The molecule has 0 unspecified atom stereocenters. The van der Waals surface area contributed by atoms with Gasteiger partial charge in [0.25, 0.3) is 5.91 Å². The smallest absolute Gasteiger partial charge is 0.274 e. The quantitative estimate of drug-likeness (QED) is 0.850. The molecule has 2 aromatic rings. The predicted octanol–water partition coefficient (Wildman–Crippen LogP) is 1.29. The summed E-state index contributed by atoms with van der Waals surface area (Å²) < 4.78 is 7.52. The van der Waals surface area contributed by atoms with Gasteiger partial charge in [-0.15, -0.1) is 0 Å². The lowest BCUT2D eigenvalue weighted by atomic mass is 10.1. The van der Waals surface area contributed by atoms with Gasteiger partial charge in [-0.25, -0.2) is 4.98 Å². The van der Waals surface area contributed by atoms with Gasteiger partial charge in [0.2, 0.25) is 0 Å². The van der Waals surface area contributed by atoms with Crippen molar-refractivity contribution in [3.8, 4) is 0 Å². The van der Waals surface area contributed by atoms with Gasteiger partial charge in [0.15, 0.2) is 0 Å². The number of nitrogens with zero attached hydrogens (tertiary/aromatic N) is 5. The summed E-state index contributed by atoms with van der Waals surface area (Å²) in [5, 5.41) is 4.35. The van der Waals surface area contributed by atoms with E-state index in [0.29, 0.717) is 32.0 Å². The summed E-state index contributed by atoms with van der Waals surface area (Å²) >= 11 is 0. The monoisotopic (exact) mass is 315 g/mol. The Bertz CT molecular complexity index is 667. The van der Waals surface area contributed by atoms with E-state index in [2.05, 4.69) is 15.1 Å². The topological polar surface area (TPSA) is 73.1 Å². The molecule has 7 heteroatoms. The number of aryl methyl sites for hydroxylation is 1. The lowest BCUT2D eigenvalue weighted by molar-refractivity contribution is 0.0612. The van der Waals surface area contributed by atoms with Crippen LogP contribution < -0.4 is 0 Å². The van der Waals surface area contributed by atoms with Crippen molar-refractivity contribution in [2.45, 2.75) is 26.9 Å². The van der Waals surface area contributed by atoms with E-state index in [1.165, 1.54) is 6.20 Å². The van der Waals surface area contributed by atoms with Gasteiger partial charge >= 0.3 is 0 Å². The normalized spacial score (nSPS) is 17.7. The van der Waals surface area contributed by atoms with Crippen LogP contribution in [0.2, 0.25) is 0 Å². The van der Waals surface area contributed by atoms with E-state index in [0.717, 1.165) is 17.9 Å². The lowest BCUT2D eigenvalue weighted by Crippen LogP contribution is -2.35. The number of aromatic nitrogens is 4. The van der Waals surface area contributed by atoms with Gasteiger partial charge in [0.05, 0.1) is 30.7 Å². The molecule has 7 nitrogen and oxygen atoms in total. The maximum absolute atomic E-state index is 12.8. The summed E-state index contributed by atoms with van der Waals surface area (Å²) in [6.45, 7) is 7.00. The first-order valence-electron chi connectivity index (χ1n) is 7.83. The van der Waals surface area contributed by atoms with Crippen molar-refractivity contribution >= 4 is 5.91 Å². The minimum absolute atomic E-state index is 0.103. The van der Waals surface area contributed by atoms with Crippen molar-refractivity contribution in [2.24, 2.45) is 5.92 Å². The molecule has 0 fully saturated rings. The van der Waals surface area contributed by atoms with Crippen LogP contribution in [-0.4, -0.2) is 50.3 Å². The van der Waals surface area contributed by atoms with Crippen molar-refractivity contribution in [1.29, 1.82) is 0 Å². The molecule has 0 saturated carbocycles. The number of amides is 1. The van der Waals surface area contributed by atoms with Crippen LogP contribution in [0.5, 0.6) is 0 Å². The summed E-state index contributed by atoms with van der Waals surface area (Å²) in [6.07, 6.45) is 4.93. The number of ether oxygens (including phenoxy) is 1. The number of rotatable bonds is 4. The molecule has 0 spiro atoms. The Kier molecular flexibility index (Phi) is 4.66. The average molecular weight is 315 g/mol. The first-order chi connectivity index (χ1) is 11.2. The molecular weight excluding hydrogens is 294 g/mol. The second kappa shape index (κ2) is 6.87. The van der Waals surface area contributed by atoms with Crippen molar-refractivity contribution in [1.82, 2.24) is 24.6 Å². The van der Waals surface area contributed by atoms with Crippen molar-refractivity contribution in [3.63, 3.8) is 0 Å². The Balaban J connectivity index is 1.82. The molecule has 3 heterocycles. The highest BCUT2D eigenvalue weighted by molar-refractivity contribution is 5.92. The number of carbonyl (C=O) groups is 1. The van der Waals surface area contributed by atoms with E-state index >= 15 is 0 Å². The van der Waals surface area contributed by atoms with Crippen LogP contribution in [0.3, 0.4) is 0 Å². The second-order valence-corrected chi connectivity index (χ2v) is 5.76. The van der Waals surface area contributed by atoms with E-state index < -0.39 is 0 Å². The maximum Gasteiger partial charge on any atom is 0.274 e. The Hall–Kier alpha value is -2.28. The molecule has 122 valence electrons.